The molecule has 0 aliphatic heterocycles. The van der Waals surface area contributed by atoms with E-state index in [1.165, 1.54) is 23.5 Å². The van der Waals surface area contributed by atoms with E-state index in [0.29, 0.717) is 10.6 Å². The molecular formula is C18H17F3N2O2S. The Kier molecular flexibility index (Phi) is 5.04. The number of carbonyl (C=O) groups excluding carboxylic acids is 2. The molecule has 1 aromatic heterocycles. The predicted octanol–water partition coefficient (Wildman–Crippen LogP) is 3.93. The second-order valence-electron chi connectivity index (χ2n) is 6.20. The highest BCUT2D eigenvalue weighted by Crippen LogP contribution is 2.38. The number of hydrogen-bond acceptors (Lipinski definition) is 3. The van der Waals surface area contributed by atoms with E-state index >= 15 is 0 Å². The van der Waals surface area contributed by atoms with Gasteiger partial charge in [0.15, 0.2) is 0 Å². The first kappa shape index (κ1) is 18.4. The summed E-state index contributed by atoms with van der Waals surface area (Å²) in [5.74, 6) is -1.08. The minimum Gasteiger partial charge on any atom is -0.365 e. The lowest BCUT2D eigenvalue weighted by Gasteiger charge is -2.11. The van der Waals surface area contributed by atoms with Gasteiger partial charge in [-0.25, -0.2) is 0 Å². The highest BCUT2D eigenvalue weighted by atomic mass is 32.1. The third kappa shape index (κ3) is 3.90. The van der Waals surface area contributed by atoms with Gasteiger partial charge < -0.3 is 11.1 Å². The second kappa shape index (κ2) is 7.11. The quantitative estimate of drug-likeness (QED) is 0.841. The van der Waals surface area contributed by atoms with Gasteiger partial charge in [0.2, 0.25) is 5.91 Å². The van der Waals surface area contributed by atoms with Crippen LogP contribution in [0.15, 0.2) is 24.3 Å². The summed E-state index contributed by atoms with van der Waals surface area (Å²) in [6.45, 7) is 0. The largest absolute Gasteiger partial charge is 0.416 e. The Morgan fingerprint density at radius 2 is 1.92 bits per heavy atom. The molecule has 1 heterocycles. The number of primary amides is 1. The molecule has 2 aromatic rings. The summed E-state index contributed by atoms with van der Waals surface area (Å²) in [4.78, 5) is 25.1. The lowest BCUT2D eigenvalue weighted by Crippen LogP contribution is -2.19. The summed E-state index contributed by atoms with van der Waals surface area (Å²) in [5.41, 5.74) is 6.15. The monoisotopic (exact) mass is 382 g/mol. The maximum absolute atomic E-state index is 12.8. The first-order valence-corrected chi connectivity index (χ1v) is 8.97. The van der Waals surface area contributed by atoms with Crippen molar-refractivity contribution in [1.82, 2.24) is 0 Å². The van der Waals surface area contributed by atoms with Gasteiger partial charge in [-0.15, -0.1) is 11.3 Å². The molecule has 0 saturated heterocycles. The Morgan fingerprint density at radius 1 is 1.19 bits per heavy atom. The molecule has 1 aliphatic rings. The Labute approximate surface area is 152 Å². The fourth-order valence-corrected chi connectivity index (χ4v) is 4.44. The molecule has 0 fully saturated rings. The summed E-state index contributed by atoms with van der Waals surface area (Å²) >= 11 is 1.32. The van der Waals surface area contributed by atoms with Crippen molar-refractivity contribution < 1.29 is 22.8 Å². The van der Waals surface area contributed by atoms with Gasteiger partial charge in [0, 0.05) is 4.88 Å². The highest BCUT2D eigenvalue weighted by Gasteiger charge is 2.30. The third-order valence-electron chi connectivity index (χ3n) is 4.29. The normalized spacial score (nSPS) is 14.0. The Balaban J connectivity index is 1.79. The number of alkyl halides is 3. The van der Waals surface area contributed by atoms with E-state index in [4.69, 9.17) is 5.73 Å². The zero-order valence-corrected chi connectivity index (χ0v) is 14.6. The number of hydrogen-bond donors (Lipinski definition) is 2. The van der Waals surface area contributed by atoms with Gasteiger partial charge in [-0.05, 0) is 42.9 Å². The van der Waals surface area contributed by atoms with Crippen molar-refractivity contribution in [2.75, 3.05) is 5.32 Å². The van der Waals surface area contributed by atoms with E-state index in [0.717, 1.165) is 48.3 Å². The number of carbonyl (C=O) groups is 2. The van der Waals surface area contributed by atoms with Crippen LogP contribution < -0.4 is 11.1 Å². The molecule has 0 atom stereocenters. The minimum absolute atomic E-state index is 0.218. The Morgan fingerprint density at radius 3 is 2.62 bits per heavy atom. The smallest absolute Gasteiger partial charge is 0.365 e. The Hall–Kier alpha value is -2.35. The van der Waals surface area contributed by atoms with Crippen LogP contribution in [-0.4, -0.2) is 11.8 Å². The molecular weight excluding hydrogens is 365 g/mol. The van der Waals surface area contributed by atoms with E-state index in [1.807, 2.05) is 0 Å². The second-order valence-corrected chi connectivity index (χ2v) is 7.31. The van der Waals surface area contributed by atoms with Crippen LogP contribution in [0.1, 0.15) is 44.8 Å². The SMILES string of the molecule is NC(=O)c1c(NC(=O)Cc2cccc(C(F)(F)F)c2)sc2c1CCCC2. The number of nitrogens with one attached hydrogen (secondary N) is 1. The molecule has 3 rings (SSSR count). The molecule has 0 saturated carbocycles. The first-order chi connectivity index (χ1) is 12.3. The van der Waals surface area contributed by atoms with Gasteiger partial charge in [-0.2, -0.15) is 13.2 Å². The van der Waals surface area contributed by atoms with Crippen LogP contribution in [0.2, 0.25) is 0 Å². The third-order valence-corrected chi connectivity index (χ3v) is 5.50. The van der Waals surface area contributed by atoms with Crippen LogP contribution in [0.3, 0.4) is 0 Å². The molecule has 2 amide bonds. The molecule has 8 heteroatoms. The van der Waals surface area contributed by atoms with Gasteiger partial charge in [0.05, 0.1) is 17.5 Å². The van der Waals surface area contributed by atoms with Crippen LogP contribution in [0, 0.1) is 0 Å². The predicted molar refractivity (Wildman–Crippen MR) is 93.3 cm³/mol. The number of aryl methyl sites for hydroxylation is 1. The van der Waals surface area contributed by atoms with E-state index in [1.54, 1.807) is 0 Å². The van der Waals surface area contributed by atoms with Crippen LogP contribution in [0.4, 0.5) is 18.2 Å². The lowest BCUT2D eigenvalue weighted by atomic mass is 9.95. The molecule has 0 radical (unpaired) electrons. The maximum Gasteiger partial charge on any atom is 0.416 e. The molecule has 0 unspecified atom stereocenters. The van der Waals surface area contributed by atoms with Crippen LogP contribution >= 0.6 is 11.3 Å². The number of anilines is 1. The van der Waals surface area contributed by atoms with E-state index in [9.17, 15) is 22.8 Å². The number of nitrogens with two attached hydrogens (primary N) is 1. The van der Waals surface area contributed by atoms with Crippen LogP contribution in [0.5, 0.6) is 0 Å². The standard InChI is InChI=1S/C18H17F3N2O2S/c19-18(20,21)11-5-3-4-10(8-11)9-14(24)23-17-15(16(22)25)12-6-1-2-7-13(12)26-17/h3-5,8H,1-2,6-7,9H2,(H2,22,25)(H,23,24). The Bertz CT molecular complexity index is 859. The zero-order chi connectivity index (χ0) is 18.9. The number of fused-ring (bicyclic) bond motifs is 1. The van der Waals surface area contributed by atoms with Gasteiger partial charge in [-0.3, -0.25) is 9.59 Å². The van der Waals surface area contributed by atoms with Crippen molar-refractivity contribution in [3.8, 4) is 0 Å². The average molecular weight is 382 g/mol. The van der Waals surface area contributed by atoms with Gasteiger partial charge in [0.25, 0.3) is 5.91 Å². The molecule has 3 N–H and O–H groups in total. The van der Waals surface area contributed by atoms with Crippen molar-refractivity contribution >= 4 is 28.2 Å². The summed E-state index contributed by atoms with van der Waals surface area (Å²) in [7, 11) is 0. The van der Waals surface area contributed by atoms with Gasteiger partial charge in [0.1, 0.15) is 5.00 Å². The van der Waals surface area contributed by atoms with Crippen molar-refractivity contribution in [3.63, 3.8) is 0 Å². The molecule has 1 aromatic carbocycles. The van der Waals surface area contributed by atoms with Crippen LogP contribution in [0.25, 0.3) is 0 Å². The van der Waals surface area contributed by atoms with Crippen LogP contribution in [-0.2, 0) is 30.2 Å². The molecule has 0 spiro atoms. The molecule has 4 nitrogen and oxygen atoms in total. The topological polar surface area (TPSA) is 72.2 Å². The zero-order valence-electron chi connectivity index (χ0n) is 13.8. The van der Waals surface area contributed by atoms with Crippen molar-refractivity contribution in [1.29, 1.82) is 0 Å². The minimum atomic E-state index is -4.46. The van der Waals surface area contributed by atoms with Gasteiger partial charge in [-0.1, -0.05) is 18.2 Å². The molecule has 1 aliphatic carbocycles. The van der Waals surface area contributed by atoms with Crippen molar-refractivity contribution in [2.24, 2.45) is 5.73 Å². The summed E-state index contributed by atoms with van der Waals surface area (Å²) < 4.78 is 38.3. The average Bonchev–Trinajstić information content (AvgIpc) is 2.91. The summed E-state index contributed by atoms with van der Waals surface area (Å²) in [6, 6.07) is 4.64. The summed E-state index contributed by atoms with van der Waals surface area (Å²) in [5, 5.41) is 3.04. The molecule has 138 valence electrons. The fourth-order valence-electron chi connectivity index (χ4n) is 3.13. The fraction of sp³-hybridized carbons (Fsp3) is 0.333. The molecule has 0 bridgehead atoms. The van der Waals surface area contributed by atoms with E-state index in [-0.39, 0.29) is 12.0 Å². The van der Waals surface area contributed by atoms with Crippen molar-refractivity contribution in [3.05, 3.63) is 51.4 Å². The molecule has 26 heavy (non-hydrogen) atoms. The summed E-state index contributed by atoms with van der Waals surface area (Å²) in [6.07, 6.45) is -1.12. The number of halogens is 3. The lowest BCUT2D eigenvalue weighted by molar-refractivity contribution is -0.137. The number of thiophene rings is 1. The maximum atomic E-state index is 12.8. The van der Waals surface area contributed by atoms with Crippen molar-refractivity contribution in [2.45, 2.75) is 38.3 Å². The van der Waals surface area contributed by atoms with E-state index in [2.05, 4.69) is 5.32 Å². The van der Waals surface area contributed by atoms with E-state index < -0.39 is 23.6 Å². The number of rotatable bonds is 4. The van der Waals surface area contributed by atoms with Gasteiger partial charge >= 0.3 is 6.18 Å². The first-order valence-electron chi connectivity index (χ1n) is 8.16. The number of amides is 2. The number of benzene rings is 1. The highest BCUT2D eigenvalue weighted by molar-refractivity contribution is 7.17.